The number of nitriles is 1. The standard InChI is InChI=1S/C14H17N3O3/c1-2-16(10-12-4-3-7-20-12)13-6-5-11(9-15)8-14(13)17(18)19/h5-6,8,12H,2-4,7,10H2,1H3. The predicted octanol–water partition coefficient (Wildman–Crippen LogP) is 2.47. The summed E-state index contributed by atoms with van der Waals surface area (Å²) >= 11 is 0. The number of anilines is 1. The van der Waals surface area contributed by atoms with Crippen LogP contribution in [0, 0.1) is 21.4 Å². The van der Waals surface area contributed by atoms with Gasteiger partial charge in [-0.1, -0.05) is 0 Å². The number of nitro groups is 1. The highest BCUT2D eigenvalue weighted by Crippen LogP contribution is 2.30. The average Bonchev–Trinajstić information content (AvgIpc) is 2.97. The molecular formula is C14H17N3O3. The summed E-state index contributed by atoms with van der Waals surface area (Å²) in [5.41, 5.74) is 0.824. The Morgan fingerprint density at radius 1 is 1.60 bits per heavy atom. The fourth-order valence-corrected chi connectivity index (χ4v) is 2.44. The molecule has 1 aliphatic rings. The molecule has 0 aliphatic carbocycles. The molecule has 0 N–H and O–H groups in total. The maximum absolute atomic E-state index is 11.2. The molecular weight excluding hydrogens is 258 g/mol. The third-order valence-electron chi connectivity index (χ3n) is 3.47. The molecule has 0 saturated carbocycles. The van der Waals surface area contributed by atoms with Crippen LogP contribution in [0.15, 0.2) is 18.2 Å². The van der Waals surface area contributed by atoms with Gasteiger partial charge in [-0.15, -0.1) is 0 Å². The van der Waals surface area contributed by atoms with Crippen molar-refractivity contribution in [2.24, 2.45) is 0 Å². The molecule has 1 aromatic carbocycles. The Morgan fingerprint density at radius 2 is 2.40 bits per heavy atom. The maximum atomic E-state index is 11.2. The Kier molecular flexibility index (Phi) is 4.53. The highest BCUT2D eigenvalue weighted by molar-refractivity contribution is 5.65. The first kappa shape index (κ1) is 14.3. The molecule has 1 aliphatic heterocycles. The summed E-state index contributed by atoms with van der Waals surface area (Å²) in [7, 11) is 0. The van der Waals surface area contributed by atoms with Gasteiger partial charge in [0, 0.05) is 25.8 Å². The van der Waals surface area contributed by atoms with Crippen LogP contribution in [0.5, 0.6) is 0 Å². The number of hydrogen-bond acceptors (Lipinski definition) is 5. The van der Waals surface area contributed by atoms with E-state index < -0.39 is 4.92 Å². The number of rotatable bonds is 5. The van der Waals surface area contributed by atoms with E-state index in [1.807, 2.05) is 17.9 Å². The topological polar surface area (TPSA) is 79.4 Å². The maximum Gasteiger partial charge on any atom is 0.293 e. The summed E-state index contributed by atoms with van der Waals surface area (Å²) in [5.74, 6) is 0. The van der Waals surface area contributed by atoms with Gasteiger partial charge in [-0.2, -0.15) is 5.26 Å². The zero-order valence-electron chi connectivity index (χ0n) is 11.4. The van der Waals surface area contributed by atoms with Gasteiger partial charge in [0.25, 0.3) is 5.69 Å². The minimum atomic E-state index is -0.436. The molecule has 0 aromatic heterocycles. The molecule has 0 radical (unpaired) electrons. The average molecular weight is 275 g/mol. The van der Waals surface area contributed by atoms with E-state index in [4.69, 9.17) is 10.00 Å². The molecule has 20 heavy (non-hydrogen) atoms. The van der Waals surface area contributed by atoms with Crippen molar-refractivity contribution in [1.82, 2.24) is 0 Å². The van der Waals surface area contributed by atoms with Crippen molar-refractivity contribution in [3.63, 3.8) is 0 Å². The predicted molar refractivity (Wildman–Crippen MR) is 74.7 cm³/mol. The van der Waals surface area contributed by atoms with Gasteiger partial charge in [-0.3, -0.25) is 10.1 Å². The second-order valence-electron chi connectivity index (χ2n) is 4.75. The lowest BCUT2D eigenvalue weighted by Gasteiger charge is -2.25. The molecule has 1 aromatic rings. The van der Waals surface area contributed by atoms with E-state index in [0.29, 0.717) is 24.3 Å². The van der Waals surface area contributed by atoms with Gasteiger partial charge in [0.05, 0.1) is 22.7 Å². The Bertz CT molecular complexity index is 533. The first-order valence-corrected chi connectivity index (χ1v) is 6.70. The van der Waals surface area contributed by atoms with Crippen molar-refractivity contribution < 1.29 is 9.66 Å². The summed E-state index contributed by atoms with van der Waals surface area (Å²) in [6.07, 6.45) is 2.16. The van der Waals surface area contributed by atoms with E-state index in [9.17, 15) is 10.1 Å². The van der Waals surface area contributed by atoms with Crippen LogP contribution >= 0.6 is 0 Å². The molecule has 1 unspecified atom stereocenters. The Morgan fingerprint density at radius 3 is 2.95 bits per heavy atom. The first-order chi connectivity index (χ1) is 9.65. The molecule has 1 saturated heterocycles. The highest BCUT2D eigenvalue weighted by Gasteiger charge is 2.24. The van der Waals surface area contributed by atoms with Gasteiger partial charge < -0.3 is 9.64 Å². The number of ether oxygens (including phenoxy) is 1. The van der Waals surface area contributed by atoms with Gasteiger partial charge in [0.2, 0.25) is 0 Å². The van der Waals surface area contributed by atoms with Crippen molar-refractivity contribution in [2.45, 2.75) is 25.9 Å². The van der Waals surface area contributed by atoms with E-state index in [-0.39, 0.29) is 11.8 Å². The minimum absolute atomic E-state index is 0.0242. The van der Waals surface area contributed by atoms with Crippen LogP contribution in [0.3, 0.4) is 0 Å². The van der Waals surface area contributed by atoms with Crippen LogP contribution in [0.25, 0.3) is 0 Å². The molecule has 2 rings (SSSR count). The normalized spacial score (nSPS) is 17.7. The molecule has 0 spiro atoms. The SMILES string of the molecule is CCN(CC1CCCO1)c1ccc(C#N)cc1[N+](=O)[O-]. The van der Waals surface area contributed by atoms with Crippen molar-refractivity contribution in [3.8, 4) is 6.07 Å². The van der Waals surface area contributed by atoms with Crippen LogP contribution in [-0.2, 0) is 4.74 Å². The van der Waals surface area contributed by atoms with E-state index >= 15 is 0 Å². The lowest BCUT2D eigenvalue weighted by Crippen LogP contribution is -2.32. The number of likely N-dealkylation sites (N-methyl/N-ethyl adjacent to an activating group) is 1. The number of nitro benzene ring substituents is 1. The number of nitrogens with zero attached hydrogens (tertiary/aromatic N) is 3. The molecule has 1 heterocycles. The smallest absolute Gasteiger partial charge is 0.293 e. The molecule has 106 valence electrons. The largest absolute Gasteiger partial charge is 0.376 e. The fraction of sp³-hybridized carbons (Fsp3) is 0.500. The lowest BCUT2D eigenvalue weighted by molar-refractivity contribution is -0.384. The van der Waals surface area contributed by atoms with E-state index in [1.54, 1.807) is 12.1 Å². The van der Waals surface area contributed by atoms with Crippen molar-refractivity contribution in [1.29, 1.82) is 5.26 Å². The van der Waals surface area contributed by atoms with Crippen molar-refractivity contribution in [3.05, 3.63) is 33.9 Å². The molecule has 6 nitrogen and oxygen atoms in total. The number of benzene rings is 1. The molecule has 1 atom stereocenters. The van der Waals surface area contributed by atoms with Crippen molar-refractivity contribution >= 4 is 11.4 Å². The molecule has 1 fully saturated rings. The lowest BCUT2D eigenvalue weighted by atomic mass is 10.1. The summed E-state index contributed by atoms with van der Waals surface area (Å²) in [4.78, 5) is 12.7. The molecule has 0 bridgehead atoms. The van der Waals surface area contributed by atoms with Gasteiger partial charge in [-0.25, -0.2) is 0 Å². The zero-order chi connectivity index (χ0) is 14.5. The van der Waals surface area contributed by atoms with Crippen LogP contribution in [-0.4, -0.2) is 30.7 Å². The second-order valence-corrected chi connectivity index (χ2v) is 4.75. The minimum Gasteiger partial charge on any atom is -0.376 e. The molecule has 0 amide bonds. The molecule has 6 heteroatoms. The van der Waals surface area contributed by atoms with Crippen LogP contribution in [0.4, 0.5) is 11.4 Å². The van der Waals surface area contributed by atoms with Crippen LogP contribution in [0.1, 0.15) is 25.3 Å². The van der Waals surface area contributed by atoms with Gasteiger partial charge in [0.15, 0.2) is 0 Å². The van der Waals surface area contributed by atoms with Crippen LogP contribution in [0.2, 0.25) is 0 Å². The Hall–Kier alpha value is -2.13. The Labute approximate surface area is 117 Å². The monoisotopic (exact) mass is 275 g/mol. The Balaban J connectivity index is 2.28. The highest BCUT2D eigenvalue weighted by atomic mass is 16.6. The fourth-order valence-electron chi connectivity index (χ4n) is 2.44. The number of hydrogen-bond donors (Lipinski definition) is 0. The van der Waals surface area contributed by atoms with E-state index in [1.165, 1.54) is 6.07 Å². The summed E-state index contributed by atoms with van der Waals surface area (Å²) in [5, 5.41) is 20.0. The van der Waals surface area contributed by atoms with E-state index in [2.05, 4.69) is 0 Å². The van der Waals surface area contributed by atoms with Gasteiger partial charge in [-0.05, 0) is 31.9 Å². The van der Waals surface area contributed by atoms with Gasteiger partial charge >= 0.3 is 0 Å². The van der Waals surface area contributed by atoms with Gasteiger partial charge in [0.1, 0.15) is 5.69 Å². The summed E-state index contributed by atoms with van der Waals surface area (Å²) in [6.45, 7) is 4.02. The van der Waals surface area contributed by atoms with Crippen molar-refractivity contribution in [2.75, 3.05) is 24.6 Å². The third kappa shape index (κ3) is 3.06. The first-order valence-electron chi connectivity index (χ1n) is 6.70. The van der Waals surface area contributed by atoms with Crippen LogP contribution < -0.4 is 4.90 Å². The second kappa shape index (κ2) is 6.35. The zero-order valence-corrected chi connectivity index (χ0v) is 11.4. The summed E-state index contributed by atoms with van der Waals surface area (Å²) < 4.78 is 5.59. The quantitative estimate of drug-likeness (QED) is 0.609. The van der Waals surface area contributed by atoms with E-state index in [0.717, 1.165) is 19.4 Å². The summed E-state index contributed by atoms with van der Waals surface area (Å²) in [6, 6.07) is 6.52. The third-order valence-corrected chi connectivity index (χ3v) is 3.47.